The standard InChI is InChI=1S/C15H24N6/c1-6-7-13-18-14(16)9(2)15(19-13)17-8-12-10(3)20-21(5)11(12)4/h6-8H2,1-5H3,(H3,16,17,18,19). The van der Waals surface area contributed by atoms with Crippen LogP contribution in [-0.2, 0) is 20.0 Å². The molecule has 6 nitrogen and oxygen atoms in total. The normalized spacial score (nSPS) is 10.9. The van der Waals surface area contributed by atoms with E-state index in [1.165, 1.54) is 5.56 Å². The van der Waals surface area contributed by atoms with Gasteiger partial charge in [-0.25, -0.2) is 9.97 Å². The summed E-state index contributed by atoms with van der Waals surface area (Å²) in [6, 6.07) is 0. The number of aryl methyl sites for hydroxylation is 3. The number of nitrogens with one attached hydrogen (secondary N) is 1. The molecule has 0 atom stereocenters. The lowest BCUT2D eigenvalue weighted by Crippen LogP contribution is -2.10. The van der Waals surface area contributed by atoms with Crippen LogP contribution in [0.4, 0.5) is 11.6 Å². The molecule has 0 amide bonds. The second-order valence-electron chi connectivity index (χ2n) is 5.38. The minimum Gasteiger partial charge on any atom is -0.383 e. The van der Waals surface area contributed by atoms with Gasteiger partial charge in [-0.05, 0) is 27.2 Å². The van der Waals surface area contributed by atoms with Gasteiger partial charge in [-0.15, -0.1) is 0 Å². The SMILES string of the molecule is CCCc1nc(N)c(C)c(NCc2c(C)nn(C)c2C)n1. The van der Waals surface area contributed by atoms with Crippen LogP contribution in [0.15, 0.2) is 0 Å². The molecule has 0 aliphatic rings. The number of anilines is 2. The molecule has 0 unspecified atom stereocenters. The fraction of sp³-hybridized carbons (Fsp3) is 0.533. The van der Waals surface area contributed by atoms with E-state index >= 15 is 0 Å². The summed E-state index contributed by atoms with van der Waals surface area (Å²) in [5.41, 5.74) is 10.3. The van der Waals surface area contributed by atoms with Crippen molar-refractivity contribution in [3.05, 3.63) is 28.3 Å². The number of aromatic nitrogens is 4. The van der Waals surface area contributed by atoms with Crippen LogP contribution in [0, 0.1) is 20.8 Å². The highest BCUT2D eigenvalue weighted by atomic mass is 15.3. The predicted octanol–water partition coefficient (Wildman–Crippen LogP) is 2.28. The van der Waals surface area contributed by atoms with Crippen molar-refractivity contribution in [3.63, 3.8) is 0 Å². The van der Waals surface area contributed by atoms with Crippen molar-refractivity contribution >= 4 is 11.6 Å². The number of nitrogens with zero attached hydrogens (tertiary/aromatic N) is 4. The molecule has 0 fully saturated rings. The third kappa shape index (κ3) is 3.15. The van der Waals surface area contributed by atoms with Crippen LogP contribution in [-0.4, -0.2) is 19.7 Å². The lowest BCUT2D eigenvalue weighted by Gasteiger charge is -2.12. The van der Waals surface area contributed by atoms with Crippen molar-refractivity contribution in [3.8, 4) is 0 Å². The van der Waals surface area contributed by atoms with E-state index in [4.69, 9.17) is 5.73 Å². The Morgan fingerprint density at radius 3 is 2.48 bits per heavy atom. The maximum atomic E-state index is 5.98. The number of hydrogen-bond donors (Lipinski definition) is 2. The molecule has 114 valence electrons. The molecule has 0 aliphatic carbocycles. The largest absolute Gasteiger partial charge is 0.383 e. The van der Waals surface area contributed by atoms with Crippen LogP contribution in [0.3, 0.4) is 0 Å². The third-order valence-electron chi connectivity index (χ3n) is 3.79. The molecule has 2 heterocycles. The van der Waals surface area contributed by atoms with Crippen LogP contribution in [0.5, 0.6) is 0 Å². The Morgan fingerprint density at radius 1 is 1.19 bits per heavy atom. The van der Waals surface area contributed by atoms with E-state index in [0.717, 1.165) is 41.4 Å². The summed E-state index contributed by atoms with van der Waals surface area (Å²) < 4.78 is 1.90. The smallest absolute Gasteiger partial charge is 0.135 e. The second-order valence-corrected chi connectivity index (χ2v) is 5.38. The van der Waals surface area contributed by atoms with Gasteiger partial charge in [0.25, 0.3) is 0 Å². The van der Waals surface area contributed by atoms with E-state index in [0.29, 0.717) is 12.4 Å². The van der Waals surface area contributed by atoms with E-state index in [1.54, 1.807) is 0 Å². The molecule has 0 spiro atoms. The monoisotopic (exact) mass is 288 g/mol. The van der Waals surface area contributed by atoms with Crippen LogP contribution in [0.2, 0.25) is 0 Å². The average Bonchev–Trinajstić information content (AvgIpc) is 2.67. The van der Waals surface area contributed by atoms with Crippen LogP contribution in [0.25, 0.3) is 0 Å². The van der Waals surface area contributed by atoms with Gasteiger partial charge in [0.05, 0.1) is 5.69 Å². The molecule has 2 aromatic heterocycles. The Morgan fingerprint density at radius 2 is 1.90 bits per heavy atom. The van der Waals surface area contributed by atoms with Crippen molar-refractivity contribution < 1.29 is 0 Å². The van der Waals surface area contributed by atoms with Gasteiger partial charge in [-0.1, -0.05) is 6.92 Å². The Hall–Kier alpha value is -2.11. The van der Waals surface area contributed by atoms with Gasteiger partial charge in [0.2, 0.25) is 0 Å². The van der Waals surface area contributed by atoms with Gasteiger partial charge >= 0.3 is 0 Å². The van der Waals surface area contributed by atoms with Gasteiger partial charge < -0.3 is 11.1 Å². The summed E-state index contributed by atoms with van der Waals surface area (Å²) in [4.78, 5) is 8.90. The first-order valence-electron chi connectivity index (χ1n) is 7.30. The first-order chi connectivity index (χ1) is 9.93. The minimum atomic E-state index is 0.551. The molecule has 0 radical (unpaired) electrons. The van der Waals surface area contributed by atoms with Gasteiger partial charge in [0, 0.05) is 36.8 Å². The quantitative estimate of drug-likeness (QED) is 0.882. The van der Waals surface area contributed by atoms with E-state index in [2.05, 4.69) is 34.2 Å². The highest BCUT2D eigenvalue weighted by Gasteiger charge is 2.12. The molecule has 0 aromatic carbocycles. The number of rotatable bonds is 5. The minimum absolute atomic E-state index is 0.551. The maximum Gasteiger partial charge on any atom is 0.135 e. The lowest BCUT2D eigenvalue weighted by atomic mass is 10.2. The Bertz CT molecular complexity index is 644. The van der Waals surface area contributed by atoms with Crippen molar-refractivity contribution in [2.45, 2.75) is 47.1 Å². The van der Waals surface area contributed by atoms with E-state index < -0.39 is 0 Å². The van der Waals surface area contributed by atoms with Gasteiger partial charge in [-0.3, -0.25) is 4.68 Å². The maximum absolute atomic E-state index is 5.98. The summed E-state index contributed by atoms with van der Waals surface area (Å²) in [6.45, 7) is 8.83. The van der Waals surface area contributed by atoms with E-state index in [9.17, 15) is 0 Å². The predicted molar refractivity (Wildman–Crippen MR) is 85.2 cm³/mol. The van der Waals surface area contributed by atoms with Crippen molar-refractivity contribution in [1.82, 2.24) is 19.7 Å². The molecule has 21 heavy (non-hydrogen) atoms. The Kier molecular flexibility index (Phi) is 4.45. The van der Waals surface area contributed by atoms with Gasteiger partial charge in [-0.2, -0.15) is 5.10 Å². The highest BCUT2D eigenvalue weighted by Crippen LogP contribution is 2.20. The van der Waals surface area contributed by atoms with Gasteiger partial charge in [0.1, 0.15) is 17.5 Å². The van der Waals surface area contributed by atoms with Crippen LogP contribution < -0.4 is 11.1 Å². The number of nitrogen functional groups attached to an aromatic ring is 1. The fourth-order valence-corrected chi connectivity index (χ4v) is 2.34. The summed E-state index contributed by atoms with van der Waals surface area (Å²) in [7, 11) is 1.96. The molecule has 0 bridgehead atoms. The first kappa shape index (κ1) is 15.3. The molecule has 0 saturated carbocycles. The van der Waals surface area contributed by atoms with Crippen molar-refractivity contribution in [2.75, 3.05) is 11.1 Å². The Labute approximate surface area is 125 Å². The van der Waals surface area contributed by atoms with Crippen molar-refractivity contribution in [2.24, 2.45) is 7.05 Å². The summed E-state index contributed by atoms with van der Waals surface area (Å²) in [5.74, 6) is 2.16. The highest BCUT2D eigenvalue weighted by molar-refractivity contribution is 5.55. The van der Waals surface area contributed by atoms with Crippen LogP contribution >= 0.6 is 0 Å². The van der Waals surface area contributed by atoms with E-state index in [-0.39, 0.29) is 0 Å². The molecular weight excluding hydrogens is 264 g/mol. The summed E-state index contributed by atoms with van der Waals surface area (Å²) >= 11 is 0. The summed E-state index contributed by atoms with van der Waals surface area (Å²) in [5, 5.41) is 7.81. The first-order valence-corrected chi connectivity index (χ1v) is 7.30. The molecule has 0 saturated heterocycles. The fourth-order valence-electron chi connectivity index (χ4n) is 2.34. The van der Waals surface area contributed by atoms with Crippen molar-refractivity contribution in [1.29, 1.82) is 0 Å². The summed E-state index contributed by atoms with van der Waals surface area (Å²) in [6.07, 6.45) is 1.84. The molecule has 2 aromatic rings. The second kappa shape index (κ2) is 6.11. The zero-order valence-corrected chi connectivity index (χ0v) is 13.5. The molecule has 3 N–H and O–H groups in total. The van der Waals surface area contributed by atoms with E-state index in [1.807, 2.05) is 25.6 Å². The Balaban J connectivity index is 2.23. The van der Waals surface area contributed by atoms with Gasteiger partial charge in [0.15, 0.2) is 0 Å². The topological polar surface area (TPSA) is 81.6 Å². The molecule has 2 rings (SSSR count). The average molecular weight is 288 g/mol. The number of nitrogens with two attached hydrogens (primary N) is 1. The molecule has 6 heteroatoms. The number of hydrogen-bond acceptors (Lipinski definition) is 5. The molecular formula is C15H24N6. The lowest BCUT2D eigenvalue weighted by molar-refractivity contribution is 0.730. The van der Waals surface area contributed by atoms with Crippen LogP contribution in [0.1, 0.15) is 41.7 Å². The molecule has 0 aliphatic heterocycles. The third-order valence-corrected chi connectivity index (χ3v) is 3.79. The zero-order chi connectivity index (χ0) is 15.6. The zero-order valence-electron chi connectivity index (χ0n) is 13.5.